The minimum atomic E-state index is -0.456. The first-order valence-electron chi connectivity index (χ1n) is 4.50. The number of aliphatic hydroxyl groups excluding tert-OH is 1. The van der Waals surface area contributed by atoms with Gasteiger partial charge in [-0.05, 0) is 18.6 Å². The van der Waals surface area contributed by atoms with Crippen molar-refractivity contribution in [3.63, 3.8) is 0 Å². The number of nitrogens with zero attached hydrogens (tertiary/aromatic N) is 1. The van der Waals surface area contributed by atoms with Crippen molar-refractivity contribution in [2.24, 2.45) is 0 Å². The molecule has 0 saturated heterocycles. The van der Waals surface area contributed by atoms with Gasteiger partial charge in [0, 0.05) is 12.5 Å². The molecule has 0 aliphatic rings. The monoisotopic (exact) mass is 205 g/mol. The van der Waals surface area contributed by atoms with E-state index in [9.17, 15) is 10.1 Å². The highest BCUT2D eigenvalue weighted by molar-refractivity contribution is 5.52. The fourth-order valence-corrected chi connectivity index (χ4v) is 1.12. The molecular weight excluding hydrogens is 194 g/mol. The number of aryl methyl sites for hydroxylation is 1. The summed E-state index contributed by atoms with van der Waals surface area (Å²) in [5, 5.41) is 19.2. The molecule has 1 aromatic rings. The summed E-state index contributed by atoms with van der Waals surface area (Å²) in [4.78, 5) is 10.2. The van der Waals surface area contributed by atoms with Crippen LogP contribution in [0.2, 0.25) is 0 Å². The molecule has 0 amide bonds. The van der Waals surface area contributed by atoms with Gasteiger partial charge in [-0.15, -0.1) is 0 Å². The first-order valence-corrected chi connectivity index (χ1v) is 4.50. The van der Waals surface area contributed by atoms with Crippen LogP contribution in [0.3, 0.4) is 0 Å². The van der Waals surface area contributed by atoms with Crippen molar-refractivity contribution in [2.45, 2.75) is 13.3 Å². The van der Waals surface area contributed by atoms with Crippen LogP contribution in [0.25, 0.3) is 0 Å². The van der Waals surface area contributed by atoms with Gasteiger partial charge in [0.05, 0.1) is 11.5 Å². The van der Waals surface area contributed by atoms with Gasteiger partial charge in [0.2, 0.25) is 0 Å². The lowest BCUT2D eigenvalue weighted by Crippen LogP contribution is -1.92. The molecule has 78 valence electrons. The Balaban J connectivity index is 3.09. The molecule has 4 heteroatoms. The second-order valence-corrected chi connectivity index (χ2v) is 3.05. The van der Waals surface area contributed by atoms with Crippen molar-refractivity contribution in [3.8, 4) is 11.8 Å². The highest BCUT2D eigenvalue weighted by Gasteiger charge is 2.10. The average molecular weight is 205 g/mol. The first-order chi connectivity index (χ1) is 7.15. The molecule has 0 fully saturated rings. The molecule has 0 heterocycles. The SMILES string of the molecule is Cc1ccc([N+](=O)[O-])c(C#CCCO)c1. The fourth-order valence-electron chi connectivity index (χ4n) is 1.12. The molecule has 0 aliphatic heterocycles. The molecule has 15 heavy (non-hydrogen) atoms. The van der Waals surface area contributed by atoms with E-state index in [0.717, 1.165) is 5.56 Å². The number of hydrogen-bond donors (Lipinski definition) is 1. The van der Waals surface area contributed by atoms with E-state index in [4.69, 9.17) is 5.11 Å². The Morgan fingerprint density at radius 2 is 2.27 bits per heavy atom. The first kappa shape index (κ1) is 11.2. The maximum atomic E-state index is 10.7. The van der Waals surface area contributed by atoms with Gasteiger partial charge in [0.1, 0.15) is 5.56 Å². The molecule has 0 bridgehead atoms. The molecule has 1 rings (SSSR count). The lowest BCUT2D eigenvalue weighted by atomic mass is 10.1. The largest absolute Gasteiger partial charge is 0.395 e. The molecule has 1 N–H and O–H groups in total. The van der Waals surface area contributed by atoms with Gasteiger partial charge in [0.25, 0.3) is 5.69 Å². The standard InChI is InChI=1S/C11H11NO3/c1-9-5-6-11(12(14)15)10(8-9)4-2-3-7-13/h5-6,8,13H,3,7H2,1H3. The van der Waals surface area contributed by atoms with Crippen molar-refractivity contribution < 1.29 is 10.0 Å². The smallest absolute Gasteiger partial charge is 0.284 e. The molecule has 0 radical (unpaired) electrons. The molecule has 1 aromatic carbocycles. The zero-order valence-corrected chi connectivity index (χ0v) is 8.36. The Kier molecular flexibility index (Phi) is 3.83. The average Bonchev–Trinajstić information content (AvgIpc) is 2.18. The summed E-state index contributed by atoms with van der Waals surface area (Å²) in [7, 11) is 0. The van der Waals surface area contributed by atoms with Crippen molar-refractivity contribution >= 4 is 5.69 Å². The number of aliphatic hydroxyl groups is 1. The van der Waals surface area contributed by atoms with Gasteiger partial charge in [-0.1, -0.05) is 17.9 Å². The van der Waals surface area contributed by atoms with Gasteiger partial charge in [-0.25, -0.2) is 0 Å². The van der Waals surface area contributed by atoms with Gasteiger partial charge in [0.15, 0.2) is 0 Å². The molecule has 0 unspecified atom stereocenters. The lowest BCUT2D eigenvalue weighted by Gasteiger charge is -1.96. The van der Waals surface area contributed by atoms with E-state index in [1.54, 1.807) is 12.1 Å². The van der Waals surface area contributed by atoms with Crippen LogP contribution in [0.4, 0.5) is 5.69 Å². The van der Waals surface area contributed by atoms with E-state index in [1.807, 2.05) is 6.92 Å². The molecule has 4 nitrogen and oxygen atoms in total. The molecule has 0 aliphatic carbocycles. The van der Waals surface area contributed by atoms with Crippen LogP contribution < -0.4 is 0 Å². The van der Waals surface area contributed by atoms with Crippen molar-refractivity contribution in [3.05, 3.63) is 39.4 Å². The summed E-state index contributed by atoms with van der Waals surface area (Å²) < 4.78 is 0. The maximum Gasteiger partial charge on any atom is 0.284 e. The minimum absolute atomic E-state index is 0.00559. The zero-order chi connectivity index (χ0) is 11.3. The van der Waals surface area contributed by atoms with Crippen LogP contribution in [-0.4, -0.2) is 16.6 Å². The summed E-state index contributed by atoms with van der Waals surface area (Å²) in [6.45, 7) is 1.81. The molecule has 0 spiro atoms. The van der Waals surface area contributed by atoms with Gasteiger partial charge < -0.3 is 5.11 Å². The number of hydrogen-bond acceptors (Lipinski definition) is 3. The fraction of sp³-hybridized carbons (Fsp3) is 0.273. The highest BCUT2D eigenvalue weighted by atomic mass is 16.6. The summed E-state index contributed by atoms with van der Waals surface area (Å²) >= 11 is 0. The van der Waals surface area contributed by atoms with E-state index < -0.39 is 4.92 Å². The topological polar surface area (TPSA) is 63.4 Å². The summed E-state index contributed by atoms with van der Waals surface area (Å²) in [5.41, 5.74) is 1.33. The molecular formula is C11H11NO3. The Bertz CT molecular complexity index is 429. The predicted octanol–water partition coefficient (Wildman–Crippen LogP) is 1.64. The second kappa shape index (κ2) is 5.13. The molecule has 0 atom stereocenters. The van der Waals surface area contributed by atoms with Crippen molar-refractivity contribution in [1.82, 2.24) is 0 Å². The van der Waals surface area contributed by atoms with Gasteiger partial charge in [-0.3, -0.25) is 10.1 Å². The van der Waals surface area contributed by atoms with Gasteiger partial charge >= 0.3 is 0 Å². The van der Waals surface area contributed by atoms with E-state index >= 15 is 0 Å². The van der Waals surface area contributed by atoms with E-state index in [2.05, 4.69) is 11.8 Å². The van der Waals surface area contributed by atoms with Crippen molar-refractivity contribution in [2.75, 3.05) is 6.61 Å². The Morgan fingerprint density at radius 1 is 1.53 bits per heavy atom. The number of benzene rings is 1. The van der Waals surface area contributed by atoms with Gasteiger partial charge in [-0.2, -0.15) is 0 Å². The zero-order valence-electron chi connectivity index (χ0n) is 8.36. The summed E-state index contributed by atoms with van der Waals surface area (Å²) in [6, 6.07) is 4.79. The van der Waals surface area contributed by atoms with Crippen molar-refractivity contribution in [1.29, 1.82) is 0 Å². The third-order valence-corrected chi connectivity index (χ3v) is 1.81. The molecule has 0 aromatic heterocycles. The third kappa shape index (κ3) is 3.08. The van der Waals surface area contributed by atoms with Crippen LogP contribution in [0.1, 0.15) is 17.5 Å². The Hall–Kier alpha value is -1.86. The van der Waals surface area contributed by atoms with Crippen LogP contribution >= 0.6 is 0 Å². The number of rotatable bonds is 2. The maximum absolute atomic E-state index is 10.7. The highest BCUT2D eigenvalue weighted by Crippen LogP contribution is 2.18. The number of nitro groups is 1. The summed E-state index contributed by atoms with van der Waals surface area (Å²) in [5.74, 6) is 5.35. The Labute approximate surface area is 87.7 Å². The van der Waals surface area contributed by atoms with Crippen LogP contribution in [0, 0.1) is 28.9 Å². The van der Waals surface area contributed by atoms with E-state index in [1.165, 1.54) is 6.07 Å². The summed E-state index contributed by atoms with van der Waals surface area (Å²) in [6.07, 6.45) is 0.325. The van der Waals surface area contributed by atoms with E-state index in [0.29, 0.717) is 12.0 Å². The lowest BCUT2D eigenvalue weighted by molar-refractivity contribution is -0.385. The Morgan fingerprint density at radius 3 is 2.87 bits per heavy atom. The van der Waals surface area contributed by atoms with E-state index in [-0.39, 0.29) is 12.3 Å². The van der Waals surface area contributed by atoms with Crippen LogP contribution in [0.15, 0.2) is 18.2 Å². The quantitative estimate of drug-likeness (QED) is 0.453. The second-order valence-electron chi connectivity index (χ2n) is 3.05. The van der Waals surface area contributed by atoms with Crippen LogP contribution in [-0.2, 0) is 0 Å². The normalized spacial score (nSPS) is 9.20. The third-order valence-electron chi connectivity index (χ3n) is 1.81. The predicted molar refractivity (Wildman–Crippen MR) is 56.4 cm³/mol. The minimum Gasteiger partial charge on any atom is -0.395 e. The molecule has 0 saturated carbocycles. The van der Waals surface area contributed by atoms with Crippen LogP contribution in [0.5, 0.6) is 0 Å². The number of nitro benzene ring substituents is 1.